The maximum absolute atomic E-state index is 5.96. The Labute approximate surface area is 98.7 Å². The molecule has 0 spiro atoms. The third-order valence-corrected chi connectivity index (χ3v) is 3.62. The Balaban J connectivity index is 2.36. The molecule has 0 amide bonds. The lowest BCUT2D eigenvalue weighted by Gasteiger charge is -2.27. The van der Waals surface area contributed by atoms with Crippen LogP contribution in [0.15, 0.2) is 22.7 Å². The molecule has 0 saturated heterocycles. The summed E-state index contributed by atoms with van der Waals surface area (Å²) in [5, 5.41) is 0. The van der Waals surface area contributed by atoms with Gasteiger partial charge in [0.15, 0.2) is 0 Å². The highest BCUT2D eigenvalue weighted by Gasteiger charge is 2.42. The zero-order valence-electron chi connectivity index (χ0n) is 9.21. The van der Waals surface area contributed by atoms with E-state index in [1.54, 1.807) is 7.11 Å². The maximum Gasteiger partial charge on any atom is 0.136 e. The molecule has 15 heavy (non-hydrogen) atoms. The third-order valence-electron chi connectivity index (χ3n) is 3.13. The van der Waals surface area contributed by atoms with Crippen molar-refractivity contribution in [2.24, 2.45) is 0 Å². The van der Waals surface area contributed by atoms with Gasteiger partial charge in [-0.3, -0.25) is 0 Å². The molecular weight excluding hydrogens is 256 g/mol. The van der Waals surface area contributed by atoms with Gasteiger partial charge in [0.2, 0.25) is 0 Å². The van der Waals surface area contributed by atoms with Gasteiger partial charge in [0.1, 0.15) is 11.4 Å². The number of hydrogen-bond donors (Lipinski definition) is 0. The minimum atomic E-state index is -0.238. The molecule has 0 fully saturated rings. The number of rotatable bonds is 2. The fourth-order valence-electron chi connectivity index (χ4n) is 2.06. The Morgan fingerprint density at radius 1 is 1.53 bits per heavy atom. The lowest BCUT2D eigenvalue weighted by atomic mass is 9.88. The van der Waals surface area contributed by atoms with E-state index in [4.69, 9.17) is 9.47 Å². The Morgan fingerprint density at radius 2 is 2.27 bits per heavy atom. The Hall–Kier alpha value is -0.540. The number of ether oxygens (including phenoxy) is 2. The van der Waals surface area contributed by atoms with Crippen molar-refractivity contribution in [3.63, 3.8) is 0 Å². The predicted octanol–water partition coefficient (Wildman–Crippen LogP) is 3.35. The molecule has 0 aromatic heterocycles. The summed E-state index contributed by atoms with van der Waals surface area (Å²) in [5.41, 5.74) is 1.02. The molecule has 0 saturated carbocycles. The number of benzene rings is 1. The molecule has 82 valence electrons. The van der Waals surface area contributed by atoms with Crippen LogP contribution in [-0.4, -0.2) is 19.3 Å². The fraction of sp³-hybridized carbons (Fsp3) is 0.500. The van der Waals surface area contributed by atoms with Crippen LogP contribution < -0.4 is 4.74 Å². The third kappa shape index (κ3) is 1.79. The topological polar surface area (TPSA) is 18.5 Å². The van der Waals surface area contributed by atoms with Crippen LogP contribution in [-0.2, 0) is 4.74 Å². The summed E-state index contributed by atoms with van der Waals surface area (Å²) in [7, 11) is 1.71. The molecule has 0 N–H and O–H groups in total. The Bertz CT molecular complexity index is 378. The van der Waals surface area contributed by atoms with E-state index in [1.165, 1.54) is 5.56 Å². The van der Waals surface area contributed by atoms with Crippen molar-refractivity contribution in [3.05, 3.63) is 28.2 Å². The largest absolute Gasteiger partial charge is 0.484 e. The molecule has 1 aromatic carbocycles. The summed E-state index contributed by atoms with van der Waals surface area (Å²) in [6, 6.07) is 6.14. The molecule has 0 radical (unpaired) electrons. The van der Waals surface area contributed by atoms with Crippen LogP contribution >= 0.6 is 15.9 Å². The van der Waals surface area contributed by atoms with E-state index in [1.807, 2.05) is 12.1 Å². The monoisotopic (exact) mass is 270 g/mol. The van der Waals surface area contributed by atoms with Crippen LogP contribution in [0.25, 0.3) is 0 Å². The molecule has 0 aliphatic carbocycles. The van der Waals surface area contributed by atoms with Crippen molar-refractivity contribution in [3.8, 4) is 5.75 Å². The van der Waals surface area contributed by atoms with E-state index in [-0.39, 0.29) is 5.60 Å². The molecule has 1 aromatic rings. The van der Waals surface area contributed by atoms with Crippen molar-refractivity contribution in [2.75, 3.05) is 13.7 Å². The van der Waals surface area contributed by atoms with Crippen molar-refractivity contribution >= 4 is 15.9 Å². The molecular formula is C12H15BrO2. The van der Waals surface area contributed by atoms with Gasteiger partial charge >= 0.3 is 0 Å². The average Bonchev–Trinajstić information content (AvgIpc) is 2.42. The molecule has 1 aliphatic heterocycles. The van der Waals surface area contributed by atoms with E-state index in [0.29, 0.717) is 12.5 Å². The highest BCUT2D eigenvalue weighted by molar-refractivity contribution is 9.10. The minimum Gasteiger partial charge on any atom is -0.484 e. The molecule has 2 rings (SSSR count). The molecule has 1 aliphatic rings. The fourth-order valence-corrected chi connectivity index (χ4v) is 2.44. The molecule has 0 bridgehead atoms. The lowest BCUT2D eigenvalue weighted by Crippen LogP contribution is -2.38. The SMILES string of the molecule is COCC1(C)Oc2ccc(Br)cc2C1C. The number of hydrogen-bond acceptors (Lipinski definition) is 2. The van der Waals surface area contributed by atoms with Crippen molar-refractivity contribution in [1.82, 2.24) is 0 Å². The van der Waals surface area contributed by atoms with E-state index in [0.717, 1.165) is 10.2 Å². The van der Waals surface area contributed by atoms with Gasteiger partial charge in [0.05, 0.1) is 6.61 Å². The summed E-state index contributed by atoms with van der Waals surface area (Å²) >= 11 is 3.48. The zero-order chi connectivity index (χ0) is 11.1. The first kappa shape index (κ1) is 11.0. The van der Waals surface area contributed by atoms with E-state index < -0.39 is 0 Å². The first-order valence-corrected chi connectivity index (χ1v) is 5.83. The van der Waals surface area contributed by atoms with Crippen molar-refractivity contribution in [2.45, 2.75) is 25.4 Å². The smallest absolute Gasteiger partial charge is 0.136 e. The van der Waals surface area contributed by atoms with Gasteiger partial charge in [-0.1, -0.05) is 22.9 Å². The van der Waals surface area contributed by atoms with E-state index in [9.17, 15) is 0 Å². The second-order valence-electron chi connectivity index (χ2n) is 4.25. The number of fused-ring (bicyclic) bond motifs is 1. The molecule has 2 unspecified atom stereocenters. The lowest BCUT2D eigenvalue weighted by molar-refractivity contribution is 0.00616. The van der Waals surface area contributed by atoms with Crippen LogP contribution in [0.3, 0.4) is 0 Å². The Morgan fingerprint density at radius 3 is 2.93 bits per heavy atom. The molecule has 1 heterocycles. The van der Waals surface area contributed by atoms with Gasteiger partial charge < -0.3 is 9.47 Å². The van der Waals surface area contributed by atoms with E-state index >= 15 is 0 Å². The molecule has 2 nitrogen and oxygen atoms in total. The van der Waals surface area contributed by atoms with Crippen LogP contribution in [0, 0.1) is 0 Å². The van der Waals surface area contributed by atoms with Crippen molar-refractivity contribution in [1.29, 1.82) is 0 Å². The van der Waals surface area contributed by atoms with Gasteiger partial charge in [-0.25, -0.2) is 0 Å². The zero-order valence-corrected chi connectivity index (χ0v) is 10.8. The normalized spacial score (nSPS) is 28.7. The van der Waals surface area contributed by atoms with E-state index in [2.05, 4.69) is 35.8 Å². The minimum absolute atomic E-state index is 0.238. The van der Waals surface area contributed by atoms with Crippen LogP contribution in [0.4, 0.5) is 0 Å². The second-order valence-corrected chi connectivity index (χ2v) is 5.17. The molecule has 3 heteroatoms. The molecule has 2 atom stereocenters. The highest BCUT2D eigenvalue weighted by atomic mass is 79.9. The first-order valence-electron chi connectivity index (χ1n) is 5.04. The number of methoxy groups -OCH3 is 1. The van der Waals surface area contributed by atoms with Gasteiger partial charge in [-0.2, -0.15) is 0 Å². The van der Waals surface area contributed by atoms with Gasteiger partial charge in [0.25, 0.3) is 0 Å². The summed E-state index contributed by atoms with van der Waals surface area (Å²) in [6.45, 7) is 4.88. The quantitative estimate of drug-likeness (QED) is 0.821. The summed E-state index contributed by atoms with van der Waals surface area (Å²) in [6.07, 6.45) is 0. The van der Waals surface area contributed by atoms with Crippen LogP contribution in [0.5, 0.6) is 5.75 Å². The van der Waals surface area contributed by atoms with Crippen molar-refractivity contribution < 1.29 is 9.47 Å². The predicted molar refractivity (Wildman–Crippen MR) is 63.5 cm³/mol. The summed E-state index contributed by atoms with van der Waals surface area (Å²) in [4.78, 5) is 0. The maximum atomic E-state index is 5.96. The second kappa shape index (κ2) is 3.80. The van der Waals surface area contributed by atoms with Crippen LogP contribution in [0.1, 0.15) is 25.3 Å². The van der Waals surface area contributed by atoms with Crippen LogP contribution in [0.2, 0.25) is 0 Å². The van der Waals surface area contributed by atoms with Gasteiger partial charge in [-0.05, 0) is 25.1 Å². The number of halogens is 1. The van der Waals surface area contributed by atoms with Gasteiger partial charge in [0, 0.05) is 23.1 Å². The summed E-state index contributed by atoms with van der Waals surface area (Å²) < 4.78 is 12.3. The van der Waals surface area contributed by atoms with Gasteiger partial charge in [-0.15, -0.1) is 0 Å². The average molecular weight is 271 g/mol. The standard InChI is InChI=1S/C12H15BrO2/c1-8-10-6-9(13)4-5-11(10)15-12(8,2)7-14-3/h4-6,8H,7H2,1-3H3. The summed E-state index contributed by atoms with van der Waals surface area (Å²) in [5.74, 6) is 1.33. The Kier molecular flexibility index (Phi) is 2.77. The first-order chi connectivity index (χ1) is 7.07. The highest BCUT2D eigenvalue weighted by Crippen LogP contribution is 2.45.